The van der Waals surface area contributed by atoms with Gasteiger partial charge in [-0.1, -0.05) is 0 Å². The van der Waals surface area contributed by atoms with E-state index in [1.165, 1.54) is 4.90 Å². The Hall–Kier alpha value is -1.41. The lowest BCUT2D eigenvalue weighted by Crippen LogP contribution is -2.37. The third-order valence-corrected chi connectivity index (χ3v) is 2.73. The van der Waals surface area contributed by atoms with Crippen LogP contribution in [-0.4, -0.2) is 28.4 Å². The van der Waals surface area contributed by atoms with Gasteiger partial charge in [0.25, 0.3) is 5.91 Å². The number of hydrogen-bond donors (Lipinski definition) is 0. The highest BCUT2D eigenvalue weighted by atomic mass is 79.9. The Kier molecular flexibility index (Phi) is 4.44. The molecule has 1 aromatic rings. The number of carbonyl (C=O) groups excluding carboxylic acids is 1. The third kappa shape index (κ3) is 2.80. The Bertz CT molecular complexity index is 425. The number of nitriles is 1. The molecule has 0 spiro atoms. The van der Waals surface area contributed by atoms with E-state index in [1.54, 1.807) is 18.3 Å². The van der Waals surface area contributed by atoms with Crippen molar-refractivity contribution < 1.29 is 4.79 Å². The van der Waals surface area contributed by atoms with E-state index in [0.29, 0.717) is 10.2 Å². The van der Waals surface area contributed by atoms with E-state index < -0.39 is 0 Å². The summed E-state index contributed by atoms with van der Waals surface area (Å²) < 4.78 is 0.642. The van der Waals surface area contributed by atoms with Crippen molar-refractivity contribution in [3.63, 3.8) is 0 Å². The standard InChI is InChI=1S/C11H12BrN3O/c1-8(2)15(7-5-13)11(16)10-9(12)4-3-6-14-10/h3-4,6,8H,7H2,1-2H3. The number of amides is 1. The molecule has 5 heteroatoms. The molecule has 1 amide bonds. The highest BCUT2D eigenvalue weighted by Crippen LogP contribution is 2.16. The lowest BCUT2D eigenvalue weighted by Gasteiger charge is -2.23. The molecular weight excluding hydrogens is 270 g/mol. The van der Waals surface area contributed by atoms with Gasteiger partial charge in [-0.25, -0.2) is 4.98 Å². The summed E-state index contributed by atoms with van der Waals surface area (Å²) in [5.41, 5.74) is 0.339. The average Bonchev–Trinajstić information content (AvgIpc) is 2.25. The maximum atomic E-state index is 12.1. The second-order valence-electron chi connectivity index (χ2n) is 3.52. The monoisotopic (exact) mass is 281 g/mol. The molecular formula is C11H12BrN3O. The number of nitrogens with zero attached hydrogens (tertiary/aromatic N) is 3. The first kappa shape index (κ1) is 12.7. The van der Waals surface area contributed by atoms with Gasteiger partial charge >= 0.3 is 0 Å². The van der Waals surface area contributed by atoms with Crippen LogP contribution in [0.3, 0.4) is 0 Å². The van der Waals surface area contributed by atoms with E-state index in [2.05, 4.69) is 20.9 Å². The van der Waals surface area contributed by atoms with E-state index in [1.807, 2.05) is 19.9 Å². The molecule has 0 unspecified atom stereocenters. The fourth-order valence-corrected chi connectivity index (χ4v) is 1.67. The Morgan fingerprint density at radius 1 is 1.69 bits per heavy atom. The van der Waals surface area contributed by atoms with Gasteiger partial charge in [-0.2, -0.15) is 5.26 Å². The number of aromatic nitrogens is 1. The molecule has 1 rings (SSSR count). The van der Waals surface area contributed by atoms with Crippen molar-refractivity contribution >= 4 is 21.8 Å². The maximum absolute atomic E-state index is 12.1. The van der Waals surface area contributed by atoms with Crippen LogP contribution in [0.1, 0.15) is 24.3 Å². The zero-order valence-electron chi connectivity index (χ0n) is 9.14. The minimum atomic E-state index is -0.232. The van der Waals surface area contributed by atoms with E-state index >= 15 is 0 Å². The quantitative estimate of drug-likeness (QED) is 0.799. The van der Waals surface area contributed by atoms with Gasteiger partial charge in [0.2, 0.25) is 0 Å². The Balaban J connectivity index is 3.01. The van der Waals surface area contributed by atoms with Crippen molar-refractivity contribution in [3.05, 3.63) is 28.5 Å². The predicted octanol–water partition coefficient (Wildman–Crippen LogP) is 2.22. The lowest BCUT2D eigenvalue weighted by atomic mass is 10.2. The zero-order valence-corrected chi connectivity index (χ0v) is 10.7. The van der Waals surface area contributed by atoms with Crippen LogP contribution in [0.2, 0.25) is 0 Å². The first-order valence-corrected chi connectivity index (χ1v) is 5.65. The third-order valence-electron chi connectivity index (χ3n) is 2.09. The summed E-state index contributed by atoms with van der Waals surface area (Å²) >= 11 is 3.27. The summed E-state index contributed by atoms with van der Waals surface area (Å²) in [6.45, 7) is 3.80. The zero-order chi connectivity index (χ0) is 12.1. The lowest BCUT2D eigenvalue weighted by molar-refractivity contribution is 0.0724. The van der Waals surface area contributed by atoms with Crippen LogP contribution in [0.4, 0.5) is 0 Å². The molecule has 0 saturated carbocycles. The fraction of sp³-hybridized carbons (Fsp3) is 0.364. The Morgan fingerprint density at radius 3 is 2.88 bits per heavy atom. The first-order valence-electron chi connectivity index (χ1n) is 4.86. The number of carbonyl (C=O) groups is 1. The van der Waals surface area contributed by atoms with Crippen molar-refractivity contribution in [1.82, 2.24) is 9.88 Å². The van der Waals surface area contributed by atoms with E-state index in [9.17, 15) is 4.79 Å². The number of rotatable bonds is 3. The van der Waals surface area contributed by atoms with E-state index in [4.69, 9.17) is 5.26 Å². The number of pyridine rings is 1. The predicted molar refractivity (Wildman–Crippen MR) is 63.7 cm³/mol. The van der Waals surface area contributed by atoms with Gasteiger partial charge in [0, 0.05) is 16.7 Å². The molecule has 84 valence electrons. The van der Waals surface area contributed by atoms with Crippen LogP contribution >= 0.6 is 15.9 Å². The fourth-order valence-electron chi connectivity index (χ4n) is 1.24. The molecule has 0 N–H and O–H groups in total. The van der Waals surface area contributed by atoms with Crippen LogP contribution < -0.4 is 0 Å². The first-order chi connectivity index (χ1) is 7.57. The summed E-state index contributed by atoms with van der Waals surface area (Å²) in [6.07, 6.45) is 1.56. The Labute approximate surface area is 103 Å². The van der Waals surface area contributed by atoms with Gasteiger partial charge < -0.3 is 4.90 Å². The van der Waals surface area contributed by atoms with Gasteiger partial charge in [0.15, 0.2) is 0 Å². The molecule has 0 bridgehead atoms. The molecule has 0 aliphatic heterocycles. The second-order valence-corrected chi connectivity index (χ2v) is 4.37. The summed E-state index contributed by atoms with van der Waals surface area (Å²) in [6, 6.07) is 5.45. The number of hydrogen-bond acceptors (Lipinski definition) is 3. The molecule has 0 aliphatic carbocycles. The van der Waals surface area contributed by atoms with Crippen molar-refractivity contribution in [2.75, 3.05) is 6.54 Å². The molecule has 16 heavy (non-hydrogen) atoms. The normalized spacial score (nSPS) is 9.94. The van der Waals surface area contributed by atoms with Crippen LogP contribution in [0, 0.1) is 11.3 Å². The van der Waals surface area contributed by atoms with Crippen molar-refractivity contribution in [2.24, 2.45) is 0 Å². The van der Waals surface area contributed by atoms with Crippen LogP contribution in [0.25, 0.3) is 0 Å². The summed E-state index contributed by atoms with van der Waals surface area (Å²) in [4.78, 5) is 17.6. The summed E-state index contributed by atoms with van der Waals surface area (Å²) in [7, 11) is 0. The van der Waals surface area contributed by atoms with Gasteiger partial charge in [0.1, 0.15) is 12.2 Å². The second kappa shape index (κ2) is 5.61. The molecule has 0 radical (unpaired) electrons. The molecule has 1 heterocycles. The van der Waals surface area contributed by atoms with Gasteiger partial charge in [0.05, 0.1) is 6.07 Å². The molecule has 0 aliphatic rings. The summed E-state index contributed by atoms with van der Waals surface area (Å²) in [5.74, 6) is -0.232. The summed E-state index contributed by atoms with van der Waals surface area (Å²) in [5, 5.41) is 8.67. The van der Waals surface area contributed by atoms with E-state index in [-0.39, 0.29) is 18.5 Å². The SMILES string of the molecule is CC(C)N(CC#N)C(=O)c1ncccc1Br. The van der Waals surface area contributed by atoms with Gasteiger partial charge in [-0.3, -0.25) is 4.79 Å². The number of halogens is 1. The Morgan fingerprint density at radius 2 is 2.38 bits per heavy atom. The van der Waals surface area contributed by atoms with Gasteiger partial charge in [-0.05, 0) is 41.9 Å². The smallest absolute Gasteiger partial charge is 0.274 e. The van der Waals surface area contributed by atoms with Crippen LogP contribution in [0.15, 0.2) is 22.8 Å². The molecule has 1 aromatic heterocycles. The maximum Gasteiger partial charge on any atom is 0.274 e. The van der Waals surface area contributed by atoms with Gasteiger partial charge in [-0.15, -0.1) is 0 Å². The molecule has 0 atom stereocenters. The van der Waals surface area contributed by atoms with Crippen molar-refractivity contribution in [2.45, 2.75) is 19.9 Å². The minimum absolute atomic E-state index is 0.0268. The highest BCUT2D eigenvalue weighted by molar-refractivity contribution is 9.10. The molecule has 0 aromatic carbocycles. The molecule has 4 nitrogen and oxygen atoms in total. The van der Waals surface area contributed by atoms with Crippen molar-refractivity contribution in [3.8, 4) is 6.07 Å². The topological polar surface area (TPSA) is 57.0 Å². The largest absolute Gasteiger partial charge is 0.322 e. The minimum Gasteiger partial charge on any atom is -0.322 e. The van der Waals surface area contributed by atoms with Crippen LogP contribution in [-0.2, 0) is 0 Å². The van der Waals surface area contributed by atoms with E-state index in [0.717, 1.165) is 0 Å². The van der Waals surface area contributed by atoms with Crippen LogP contribution in [0.5, 0.6) is 0 Å². The highest BCUT2D eigenvalue weighted by Gasteiger charge is 2.21. The average molecular weight is 282 g/mol. The molecule has 0 saturated heterocycles. The molecule has 0 fully saturated rings. The van der Waals surface area contributed by atoms with Crippen molar-refractivity contribution in [1.29, 1.82) is 5.26 Å².